The van der Waals surface area contributed by atoms with Crippen LogP contribution < -0.4 is 0 Å². The molecule has 2 aromatic carbocycles. The second kappa shape index (κ2) is 6.01. The summed E-state index contributed by atoms with van der Waals surface area (Å²) < 4.78 is 0. The number of amides is 2. The predicted molar refractivity (Wildman–Crippen MR) is 99.1 cm³/mol. The molecule has 6 heteroatoms. The van der Waals surface area contributed by atoms with E-state index < -0.39 is 15.8 Å². The van der Waals surface area contributed by atoms with E-state index in [1.54, 1.807) is 12.1 Å². The van der Waals surface area contributed by atoms with Gasteiger partial charge in [-0.3, -0.25) is 24.6 Å². The molecule has 2 heterocycles. The van der Waals surface area contributed by atoms with E-state index >= 15 is 0 Å². The lowest BCUT2D eigenvalue weighted by atomic mass is 9.45. The highest BCUT2D eigenvalue weighted by atomic mass is 16.6. The van der Waals surface area contributed by atoms with Crippen LogP contribution in [0.5, 0.6) is 0 Å². The number of non-ortho nitro benzene ring substituents is 1. The normalized spacial score (nSPS) is 26.6. The molecule has 0 atom stereocenters. The van der Waals surface area contributed by atoms with E-state index in [0.29, 0.717) is 25.8 Å². The topological polar surface area (TPSA) is 80.5 Å². The van der Waals surface area contributed by atoms with Crippen molar-refractivity contribution in [2.45, 2.75) is 37.0 Å². The molecule has 27 heavy (non-hydrogen) atoms. The van der Waals surface area contributed by atoms with Gasteiger partial charge in [0.1, 0.15) is 0 Å². The molecule has 2 amide bonds. The van der Waals surface area contributed by atoms with E-state index in [0.717, 1.165) is 11.1 Å². The molecule has 2 bridgehead atoms. The molecular formula is C21H20N2O4. The summed E-state index contributed by atoms with van der Waals surface area (Å²) in [7, 11) is 0. The first-order chi connectivity index (χ1) is 12.9. The zero-order valence-corrected chi connectivity index (χ0v) is 15.1. The number of nitrogens with zero attached hydrogens (tertiary/aromatic N) is 2. The lowest BCUT2D eigenvalue weighted by Crippen LogP contribution is -2.73. The van der Waals surface area contributed by atoms with Crippen LogP contribution in [0.2, 0.25) is 0 Å². The van der Waals surface area contributed by atoms with Crippen molar-refractivity contribution in [3.63, 3.8) is 0 Å². The van der Waals surface area contributed by atoms with Crippen molar-refractivity contribution < 1.29 is 14.5 Å². The molecule has 0 spiro atoms. The fourth-order valence-electron chi connectivity index (χ4n) is 4.63. The number of piperidine rings is 2. The van der Waals surface area contributed by atoms with E-state index in [-0.39, 0.29) is 17.5 Å². The number of nitro benzene ring substituents is 1. The van der Waals surface area contributed by atoms with Gasteiger partial charge in [0.05, 0.1) is 15.8 Å². The van der Waals surface area contributed by atoms with Gasteiger partial charge >= 0.3 is 0 Å². The number of nitro groups is 1. The summed E-state index contributed by atoms with van der Waals surface area (Å²) in [6, 6.07) is 15.8. The van der Waals surface area contributed by atoms with Gasteiger partial charge in [-0.15, -0.1) is 0 Å². The predicted octanol–water partition coefficient (Wildman–Crippen LogP) is 3.34. The van der Waals surface area contributed by atoms with Gasteiger partial charge in [-0.05, 0) is 30.4 Å². The summed E-state index contributed by atoms with van der Waals surface area (Å²) in [6.45, 7) is 2.33. The SMILES string of the molecule is CCCN1C(=O)C2(c3ccccc3)CC(c3ccc([N+](=O)[O-])cc3)(C2)C1=O. The summed E-state index contributed by atoms with van der Waals surface area (Å²) in [4.78, 5) is 38.4. The van der Waals surface area contributed by atoms with Gasteiger partial charge in [-0.25, -0.2) is 0 Å². The third-order valence-electron chi connectivity index (χ3n) is 5.92. The highest BCUT2D eigenvalue weighted by Gasteiger charge is 2.70. The zero-order chi connectivity index (χ0) is 19.2. The van der Waals surface area contributed by atoms with Crippen LogP contribution in [-0.4, -0.2) is 28.2 Å². The molecule has 2 aromatic rings. The monoisotopic (exact) mass is 364 g/mol. The number of carbonyl (C=O) groups excluding carboxylic acids is 2. The van der Waals surface area contributed by atoms with Gasteiger partial charge in [-0.2, -0.15) is 0 Å². The van der Waals surface area contributed by atoms with Crippen LogP contribution in [0.3, 0.4) is 0 Å². The number of carbonyl (C=O) groups is 2. The second-order valence-corrected chi connectivity index (χ2v) is 7.45. The first-order valence-corrected chi connectivity index (χ1v) is 9.11. The molecule has 2 aliphatic heterocycles. The Morgan fingerprint density at radius 3 is 1.93 bits per heavy atom. The van der Waals surface area contributed by atoms with Crippen LogP contribution in [0.1, 0.15) is 37.3 Å². The van der Waals surface area contributed by atoms with Gasteiger partial charge in [0, 0.05) is 18.7 Å². The smallest absolute Gasteiger partial charge is 0.269 e. The highest BCUT2D eigenvalue weighted by molar-refractivity contribution is 6.12. The number of imide groups is 1. The summed E-state index contributed by atoms with van der Waals surface area (Å²) in [6.07, 6.45) is 1.53. The summed E-state index contributed by atoms with van der Waals surface area (Å²) >= 11 is 0. The van der Waals surface area contributed by atoms with E-state index in [9.17, 15) is 19.7 Å². The van der Waals surface area contributed by atoms with E-state index in [1.165, 1.54) is 17.0 Å². The standard InChI is InChI=1S/C21H20N2O4/c1-2-12-22-18(24)20(15-6-4-3-5-7-15)13-21(14-20,19(22)25)16-8-10-17(11-9-16)23(26)27/h3-11H,2,12-14H2,1H3. The van der Waals surface area contributed by atoms with Crippen LogP contribution in [0.15, 0.2) is 54.6 Å². The van der Waals surface area contributed by atoms with Crippen molar-refractivity contribution in [3.05, 3.63) is 75.8 Å². The average molecular weight is 364 g/mol. The zero-order valence-electron chi connectivity index (χ0n) is 15.1. The molecule has 0 unspecified atom stereocenters. The molecule has 1 aliphatic carbocycles. The summed E-state index contributed by atoms with van der Waals surface area (Å²) in [5.74, 6) is -0.301. The third kappa shape index (κ3) is 2.32. The van der Waals surface area contributed by atoms with Crippen molar-refractivity contribution in [1.82, 2.24) is 4.90 Å². The number of rotatable bonds is 5. The molecule has 2 saturated heterocycles. The van der Waals surface area contributed by atoms with Crippen LogP contribution in [0.25, 0.3) is 0 Å². The molecule has 0 N–H and O–H groups in total. The molecule has 6 nitrogen and oxygen atoms in total. The van der Waals surface area contributed by atoms with Gasteiger partial charge in [-0.1, -0.05) is 49.4 Å². The number of hydrogen-bond acceptors (Lipinski definition) is 4. The lowest BCUT2D eigenvalue weighted by Gasteiger charge is -2.61. The Balaban J connectivity index is 1.79. The van der Waals surface area contributed by atoms with Crippen molar-refractivity contribution in [1.29, 1.82) is 0 Å². The Morgan fingerprint density at radius 2 is 1.44 bits per heavy atom. The molecule has 0 radical (unpaired) electrons. The minimum absolute atomic E-state index is 0.00598. The number of fused-ring (bicyclic) bond motifs is 2. The fourth-order valence-corrected chi connectivity index (χ4v) is 4.63. The van der Waals surface area contributed by atoms with E-state index in [2.05, 4.69) is 0 Å². The Bertz CT molecular complexity index is 915. The summed E-state index contributed by atoms with van der Waals surface area (Å²) in [5.41, 5.74) is 0.202. The Kier molecular flexibility index (Phi) is 3.87. The van der Waals surface area contributed by atoms with Gasteiger partial charge < -0.3 is 0 Å². The molecule has 3 fully saturated rings. The fraction of sp³-hybridized carbons (Fsp3) is 0.333. The van der Waals surface area contributed by atoms with Crippen molar-refractivity contribution in [3.8, 4) is 0 Å². The Labute approximate surface area is 156 Å². The van der Waals surface area contributed by atoms with Crippen LogP contribution in [0, 0.1) is 10.1 Å². The highest BCUT2D eigenvalue weighted by Crippen LogP contribution is 2.61. The van der Waals surface area contributed by atoms with Gasteiger partial charge in [0.25, 0.3) is 5.69 Å². The van der Waals surface area contributed by atoms with E-state index in [1.807, 2.05) is 37.3 Å². The van der Waals surface area contributed by atoms with Gasteiger partial charge in [0.2, 0.25) is 11.8 Å². The van der Waals surface area contributed by atoms with Crippen LogP contribution in [0.4, 0.5) is 5.69 Å². The van der Waals surface area contributed by atoms with Crippen molar-refractivity contribution in [2.75, 3.05) is 6.54 Å². The number of hydrogen-bond donors (Lipinski definition) is 0. The second-order valence-electron chi connectivity index (χ2n) is 7.45. The van der Waals surface area contributed by atoms with Gasteiger partial charge in [0.15, 0.2) is 0 Å². The summed E-state index contributed by atoms with van der Waals surface area (Å²) in [5, 5.41) is 10.9. The molecular weight excluding hydrogens is 344 g/mol. The minimum atomic E-state index is -0.784. The van der Waals surface area contributed by atoms with Crippen LogP contribution >= 0.6 is 0 Å². The average Bonchev–Trinajstić information content (AvgIpc) is 2.65. The van der Waals surface area contributed by atoms with Crippen molar-refractivity contribution >= 4 is 17.5 Å². The quantitative estimate of drug-likeness (QED) is 0.463. The molecule has 138 valence electrons. The molecule has 5 rings (SSSR count). The Morgan fingerprint density at radius 1 is 0.926 bits per heavy atom. The van der Waals surface area contributed by atoms with Crippen molar-refractivity contribution in [2.24, 2.45) is 0 Å². The molecule has 0 aromatic heterocycles. The lowest BCUT2D eigenvalue weighted by molar-refractivity contribution is -0.384. The maximum atomic E-state index is 13.2. The van der Waals surface area contributed by atoms with Crippen LogP contribution in [-0.2, 0) is 20.4 Å². The maximum Gasteiger partial charge on any atom is 0.269 e. The third-order valence-corrected chi connectivity index (χ3v) is 5.92. The molecule has 3 aliphatic rings. The Hall–Kier alpha value is -3.02. The van der Waals surface area contributed by atoms with E-state index in [4.69, 9.17) is 0 Å². The first kappa shape index (κ1) is 17.4. The largest absolute Gasteiger partial charge is 0.281 e. The minimum Gasteiger partial charge on any atom is -0.281 e. The first-order valence-electron chi connectivity index (χ1n) is 9.11. The maximum absolute atomic E-state index is 13.2. The molecule has 1 saturated carbocycles. The number of benzene rings is 2.